The molecule has 0 saturated carbocycles. The quantitative estimate of drug-likeness (QED) is 0.829. The van der Waals surface area contributed by atoms with Gasteiger partial charge >= 0.3 is 6.09 Å². The lowest BCUT2D eigenvalue weighted by Crippen LogP contribution is -2.41. The van der Waals surface area contributed by atoms with Crippen LogP contribution in [0.15, 0.2) is 24.3 Å². The lowest BCUT2D eigenvalue weighted by Gasteiger charge is -2.25. The maximum Gasteiger partial charge on any atom is 0.407 e. The van der Waals surface area contributed by atoms with E-state index >= 15 is 0 Å². The summed E-state index contributed by atoms with van der Waals surface area (Å²) in [4.78, 5) is 28.3. The van der Waals surface area contributed by atoms with Crippen LogP contribution in [0.5, 0.6) is 0 Å². The van der Waals surface area contributed by atoms with Gasteiger partial charge in [0.25, 0.3) is 0 Å². The highest BCUT2D eigenvalue weighted by Gasteiger charge is 2.30. The molecule has 1 saturated heterocycles. The second kappa shape index (κ2) is 8.77. The number of carboxylic acid groups (broad SMARTS) is 1. The topological polar surface area (TPSA) is 73.3 Å². The van der Waals surface area contributed by atoms with Crippen LogP contribution in [0.1, 0.15) is 5.56 Å². The second-order valence-corrected chi connectivity index (χ2v) is 6.37. The van der Waals surface area contributed by atoms with Crippen molar-refractivity contribution in [3.05, 3.63) is 35.6 Å². The number of hydrogen-bond acceptors (Lipinski definition) is 4. The maximum atomic E-state index is 13.3. The largest absolute Gasteiger partial charge is 0.465 e. The second-order valence-electron chi connectivity index (χ2n) is 6.37. The number of amides is 2. The molecule has 1 unspecified atom stereocenters. The number of carbonyl (C=O) groups is 2. The van der Waals surface area contributed by atoms with Crippen LogP contribution in [0.25, 0.3) is 0 Å². The number of halogens is 1. The van der Waals surface area contributed by atoms with Crippen molar-refractivity contribution in [2.75, 3.05) is 46.8 Å². The van der Waals surface area contributed by atoms with Gasteiger partial charge in [-0.25, -0.2) is 9.18 Å². The van der Waals surface area contributed by atoms with Crippen LogP contribution in [0.3, 0.4) is 0 Å². The molecule has 0 radical (unpaired) electrons. The maximum absolute atomic E-state index is 13.3. The first-order chi connectivity index (χ1) is 11.8. The highest BCUT2D eigenvalue weighted by Crippen LogP contribution is 2.12. The predicted molar refractivity (Wildman–Crippen MR) is 89.7 cm³/mol. The number of ether oxygens (including phenoxy) is 1. The fourth-order valence-electron chi connectivity index (χ4n) is 2.61. The predicted octanol–water partition coefficient (Wildman–Crippen LogP) is 1.09. The molecule has 1 heterocycles. The molecule has 7 nitrogen and oxygen atoms in total. The Morgan fingerprint density at radius 2 is 2.16 bits per heavy atom. The van der Waals surface area contributed by atoms with Crippen molar-refractivity contribution in [3.8, 4) is 0 Å². The molecular weight excluding hydrogens is 329 g/mol. The highest BCUT2D eigenvalue weighted by molar-refractivity contribution is 5.82. The Balaban J connectivity index is 2.04. The molecule has 1 N–H and O–H groups in total. The van der Waals surface area contributed by atoms with Crippen molar-refractivity contribution in [2.24, 2.45) is 0 Å². The van der Waals surface area contributed by atoms with Gasteiger partial charge in [-0.05, 0) is 31.8 Å². The van der Waals surface area contributed by atoms with Crippen molar-refractivity contribution in [1.29, 1.82) is 0 Å². The Labute approximate surface area is 146 Å². The van der Waals surface area contributed by atoms with Gasteiger partial charge < -0.3 is 19.6 Å². The smallest absolute Gasteiger partial charge is 0.407 e. The Morgan fingerprint density at radius 1 is 1.40 bits per heavy atom. The fourth-order valence-corrected chi connectivity index (χ4v) is 2.61. The van der Waals surface area contributed by atoms with Crippen LogP contribution in [-0.2, 0) is 16.1 Å². The molecule has 2 amide bonds. The number of rotatable bonds is 6. The third-order valence-corrected chi connectivity index (χ3v) is 3.99. The first kappa shape index (κ1) is 19.1. The normalized spacial score (nSPS) is 18.6. The molecule has 1 fully saturated rings. The van der Waals surface area contributed by atoms with Crippen LogP contribution < -0.4 is 0 Å². The van der Waals surface area contributed by atoms with Gasteiger partial charge in [0.2, 0.25) is 5.91 Å². The van der Waals surface area contributed by atoms with Crippen molar-refractivity contribution < 1.29 is 23.8 Å². The zero-order valence-electron chi connectivity index (χ0n) is 14.5. The molecule has 8 heteroatoms. The Kier molecular flexibility index (Phi) is 6.72. The molecule has 0 aliphatic carbocycles. The molecule has 2 rings (SSSR count). The molecule has 0 aromatic heterocycles. The molecule has 25 heavy (non-hydrogen) atoms. The SMILES string of the molecule is CN(C)CCN1CC(OCc2cccc(F)c2)CN(C(=O)O)CC1=O. The van der Waals surface area contributed by atoms with Gasteiger partial charge in [-0.15, -0.1) is 0 Å². The zero-order valence-corrected chi connectivity index (χ0v) is 14.5. The van der Waals surface area contributed by atoms with E-state index in [4.69, 9.17) is 4.74 Å². The summed E-state index contributed by atoms with van der Waals surface area (Å²) in [6, 6.07) is 6.06. The van der Waals surface area contributed by atoms with E-state index in [0.717, 1.165) is 4.90 Å². The van der Waals surface area contributed by atoms with Gasteiger partial charge in [-0.3, -0.25) is 9.69 Å². The van der Waals surface area contributed by atoms with Crippen LogP contribution in [0.2, 0.25) is 0 Å². The summed E-state index contributed by atoms with van der Waals surface area (Å²) in [6.07, 6.45) is -1.62. The zero-order chi connectivity index (χ0) is 18.4. The van der Waals surface area contributed by atoms with Crippen LogP contribution >= 0.6 is 0 Å². The van der Waals surface area contributed by atoms with E-state index in [-0.39, 0.29) is 31.4 Å². The summed E-state index contributed by atoms with van der Waals surface area (Å²) in [7, 11) is 3.81. The van der Waals surface area contributed by atoms with Crippen LogP contribution in [0, 0.1) is 5.82 Å². The number of carbonyl (C=O) groups excluding carboxylic acids is 1. The number of nitrogens with zero attached hydrogens (tertiary/aromatic N) is 3. The molecule has 1 aromatic carbocycles. The van der Waals surface area contributed by atoms with Gasteiger partial charge in [0.15, 0.2) is 0 Å². The average Bonchev–Trinajstić information content (AvgIpc) is 2.70. The van der Waals surface area contributed by atoms with E-state index in [9.17, 15) is 19.1 Å². The number of hydrogen-bond donors (Lipinski definition) is 1. The van der Waals surface area contributed by atoms with Gasteiger partial charge in [0, 0.05) is 19.6 Å². The minimum Gasteiger partial charge on any atom is -0.465 e. The first-order valence-electron chi connectivity index (χ1n) is 8.11. The van der Waals surface area contributed by atoms with Crippen molar-refractivity contribution in [3.63, 3.8) is 0 Å². The lowest BCUT2D eigenvalue weighted by atomic mass is 10.2. The molecule has 0 bridgehead atoms. The fraction of sp³-hybridized carbons (Fsp3) is 0.529. The number of benzene rings is 1. The Morgan fingerprint density at radius 3 is 2.80 bits per heavy atom. The summed E-state index contributed by atoms with van der Waals surface area (Å²) in [5, 5.41) is 9.27. The van der Waals surface area contributed by atoms with Gasteiger partial charge in [-0.1, -0.05) is 12.1 Å². The molecule has 1 aromatic rings. The van der Waals surface area contributed by atoms with Gasteiger partial charge in [0.05, 0.1) is 19.3 Å². The summed E-state index contributed by atoms with van der Waals surface area (Å²) >= 11 is 0. The molecular formula is C17H24FN3O4. The Bertz CT molecular complexity index is 611. The van der Waals surface area contributed by atoms with E-state index in [1.807, 2.05) is 19.0 Å². The van der Waals surface area contributed by atoms with Crippen molar-refractivity contribution >= 4 is 12.0 Å². The monoisotopic (exact) mass is 353 g/mol. The van der Waals surface area contributed by atoms with Crippen LogP contribution in [0.4, 0.5) is 9.18 Å². The first-order valence-corrected chi connectivity index (χ1v) is 8.11. The summed E-state index contributed by atoms with van der Waals surface area (Å²) < 4.78 is 19.0. The van der Waals surface area contributed by atoms with Gasteiger partial charge in [-0.2, -0.15) is 0 Å². The summed E-state index contributed by atoms with van der Waals surface area (Å²) in [5.74, 6) is -0.585. The van der Waals surface area contributed by atoms with E-state index in [1.165, 1.54) is 12.1 Å². The molecule has 1 aliphatic heterocycles. The third kappa shape index (κ3) is 5.99. The van der Waals surface area contributed by atoms with E-state index in [2.05, 4.69) is 0 Å². The standard InChI is InChI=1S/C17H24FN3O4/c1-19(2)6-7-20-9-15(10-21(17(23)24)11-16(20)22)25-12-13-4-3-5-14(18)8-13/h3-5,8,15H,6-7,9-12H2,1-2H3,(H,23,24). The van der Waals surface area contributed by atoms with Crippen molar-refractivity contribution in [1.82, 2.24) is 14.7 Å². The average molecular weight is 353 g/mol. The minimum absolute atomic E-state index is 0.106. The molecule has 1 atom stereocenters. The minimum atomic E-state index is -1.15. The Hall–Kier alpha value is -2.19. The van der Waals surface area contributed by atoms with E-state index in [1.54, 1.807) is 17.0 Å². The molecule has 0 spiro atoms. The lowest BCUT2D eigenvalue weighted by molar-refractivity contribution is -0.131. The van der Waals surface area contributed by atoms with Crippen molar-refractivity contribution in [2.45, 2.75) is 12.7 Å². The van der Waals surface area contributed by atoms with Crippen LogP contribution in [-0.4, -0.2) is 84.7 Å². The number of likely N-dealkylation sites (N-methyl/N-ethyl adjacent to an activating group) is 1. The summed E-state index contributed by atoms with van der Waals surface area (Å²) in [6.45, 7) is 1.57. The molecule has 138 valence electrons. The summed E-state index contributed by atoms with van der Waals surface area (Å²) in [5.41, 5.74) is 0.664. The highest BCUT2D eigenvalue weighted by atomic mass is 19.1. The third-order valence-electron chi connectivity index (χ3n) is 3.99. The van der Waals surface area contributed by atoms with E-state index < -0.39 is 12.2 Å². The molecule has 1 aliphatic rings. The van der Waals surface area contributed by atoms with E-state index in [0.29, 0.717) is 25.2 Å². The van der Waals surface area contributed by atoms with Gasteiger partial charge in [0.1, 0.15) is 12.4 Å².